The third-order valence-electron chi connectivity index (χ3n) is 3.16. The zero-order chi connectivity index (χ0) is 15.7. The zero-order valence-electron chi connectivity index (χ0n) is 13.7. The largest absolute Gasteiger partial charge is 0.492 e. The van der Waals surface area contributed by atoms with Gasteiger partial charge in [0.15, 0.2) is 0 Å². The Hall–Kier alpha value is -1.30. The Morgan fingerprint density at radius 3 is 2.68 bits per heavy atom. The molecule has 0 heterocycles. The van der Waals surface area contributed by atoms with Gasteiger partial charge >= 0.3 is 0 Å². The summed E-state index contributed by atoms with van der Waals surface area (Å²) < 4.78 is 5.76. The Kier molecular flexibility index (Phi) is 10.6. The highest BCUT2D eigenvalue weighted by atomic mass is 35.5. The van der Waals surface area contributed by atoms with Gasteiger partial charge in [-0.3, -0.25) is 4.79 Å². The van der Waals surface area contributed by atoms with Gasteiger partial charge in [-0.1, -0.05) is 31.5 Å². The molecule has 0 saturated heterocycles. The molecular weight excluding hydrogens is 302 g/mol. The van der Waals surface area contributed by atoms with Gasteiger partial charge in [0, 0.05) is 18.7 Å². The normalized spacial score (nSPS) is 11.7. The van der Waals surface area contributed by atoms with E-state index in [4.69, 9.17) is 10.5 Å². The van der Waals surface area contributed by atoms with E-state index < -0.39 is 6.04 Å². The number of hydrogen-bond acceptors (Lipinski definition) is 4. The number of likely N-dealkylation sites (N-methyl/N-ethyl adjacent to an activating group) is 1. The fourth-order valence-electron chi connectivity index (χ4n) is 1.88. The lowest BCUT2D eigenvalue weighted by atomic mass is 10.1. The second-order valence-electron chi connectivity index (χ2n) is 5.37. The number of nitrogens with two attached hydrogens (primary N) is 1. The molecule has 1 atom stereocenters. The molecule has 0 spiro atoms. The number of nitrogens with one attached hydrogen (secondary N) is 1. The molecule has 1 aromatic carbocycles. The predicted octanol–water partition coefficient (Wildman–Crippen LogP) is 1.79. The van der Waals surface area contributed by atoms with Crippen molar-refractivity contribution in [1.82, 2.24) is 10.2 Å². The van der Waals surface area contributed by atoms with Crippen LogP contribution in [-0.4, -0.2) is 44.1 Å². The number of nitrogens with zero attached hydrogens (tertiary/aromatic N) is 1. The van der Waals surface area contributed by atoms with Gasteiger partial charge in [0.2, 0.25) is 5.91 Å². The number of hydrogen-bond donors (Lipinski definition) is 2. The van der Waals surface area contributed by atoms with Crippen LogP contribution in [-0.2, 0) is 11.3 Å². The maximum Gasteiger partial charge on any atom is 0.237 e. The van der Waals surface area contributed by atoms with Crippen LogP contribution in [0.5, 0.6) is 5.75 Å². The first-order valence-electron chi connectivity index (χ1n) is 7.43. The van der Waals surface area contributed by atoms with Crippen molar-refractivity contribution in [1.29, 1.82) is 0 Å². The summed E-state index contributed by atoms with van der Waals surface area (Å²) in [5, 5.41) is 2.87. The molecule has 5 nitrogen and oxygen atoms in total. The standard InChI is InChI=1S/C16H27N3O2.ClH/c1-4-7-14(17)16(20)18-12-13-8-5-6-9-15(13)21-11-10-19(2)3;/h5-6,8-9,14H,4,7,10-12,17H2,1-3H3,(H,18,20);1H. The average molecular weight is 330 g/mol. The van der Waals surface area contributed by atoms with Gasteiger partial charge in [0.1, 0.15) is 12.4 Å². The summed E-state index contributed by atoms with van der Waals surface area (Å²) in [6, 6.07) is 7.31. The zero-order valence-corrected chi connectivity index (χ0v) is 14.5. The summed E-state index contributed by atoms with van der Waals surface area (Å²) in [4.78, 5) is 13.9. The van der Waals surface area contributed by atoms with Crippen LogP contribution < -0.4 is 15.8 Å². The van der Waals surface area contributed by atoms with Crippen molar-refractivity contribution < 1.29 is 9.53 Å². The van der Waals surface area contributed by atoms with E-state index in [0.29, 0.717) is 19.6 Å². The number of carbonyl (C=O) groups is 1. The van der Waals surface area contributed by atoms with Crippen molar-refractivity contribution in [2.45, 2.75) is 32.4 Å². The molecule has 0 aliphatic heterocycles. The lowest BCUT2D eigenvalue weighted by Gasteiger charge is -2.15. The number of para-hydroxylation sites is 1. The number of halogens is 1. The van der Waals surface area contributed by atoms with E-state index in [1.807, 2.05) is 45.3 Å². The smallest absolute Gasteiger partial charge is 0.237 e. The maximum absolute atomic E-state index is 11.8. The predicted molar refractivity (Wildman–Crippen MR) is 92.5 cm³/mol. The highest BCUT2D eigenvalue weighted by Crippen LogP contribution is 2.17. The lowest BCUT2D eigenvalue weighted by molar-refractivity contribution is -0.122. The number of carbonyl (C=O) groups excluding carboxylic acids is 1. The average Bonchev–Trinajstić information content (AvgIpc) is 2.45. The molecule has 0 fully saturated rings. The molecule has 0 aliphatic rings. The fourth-order valence-corrected chi connectivity index (χ4v) is 1.88. The molecule has 0 bridgehead atoms. The van der Waals surface area contributed by atoms with Crippen LogP contribution in [0.15, 0.2) is 24.3 Å². The van der Waals surface area contributed by atoms with Gasteiger partial charge in [-0.25, -0.2) is 0 Å². The Balaban J connectivity index is 0.00000441. The van der Waals surface area contributed by atoms with Crippen LogP contribution in [0.2, 0.25) is 0 Å². The van der Waals surface area contributed by atoms with E-state index in [2.05, 4.69) is 10.2 Å². The molecule has 6 heteroatoms. The quantitative estimate of drug-likeness (QED) is 0.725. The molecule has 0 aliphatic carbocycles. The number of rotatable bonds is 9. The molecule has 0 radical (unpaired) electrons. The molecule has 3 N–H and O–H groups in total. The lowest BCUT2D eigenvalue weighted by Crippen LogP contribution is -2.40. The third kappa shape index (κ3) is 7.64. The second-order valence-corrected chi connectivity index (χ2v) is 5.37. The highest BCUT2D eigenvalue weighted by Gasteiger charge is 2.12. The topological polar surface area (TPSA) is 67.6 Å². The summed E-state index contributed by atoms with van der Waals surface area (Å²) in [7, 11) is 4.01. The van der Waals surface area contributed by atoms with Crippen molar-refractivity contribution in [3.63, 3.8) is 0 Å². The first kappa shape index (κ1) is 20.7. The molecule has 1 unspecified atom stereocenters. The first-order chi connectivity index (χ1) is 10.0. The Morgan fingerprint density at radius 1 is 1.36 bits per heavy atom. The van der Waals surface area contributed by atoms with Crippen LogP contribution in [0.25, 0.3) is 0 Å². The van der Waals surface area contributed by atoms with Crippen LogP contribution in [0.3, 0.4) is 0 Å². The van der Waals surface area contributed by atoms with E-state index in [0.717, 1.165) is 24.3 Å². The van der Waals surface area contributed by atoms with Gasteiger partial charge in [-0.15, -0.1) is 12.4 Å². The van der Waals surface area contributed by atoms with Crippen molar-refractivity contribution in [2.24, 2.45) is 5.73 Å². The summed E-state index contributed by atoms with van der Waals surface area (Å²) in [6.45, 7) is 3.92. The van der Waals surface area contributed by atoms with Gasteiger partial charge in [0.05, 0.1) is 6.04 Å². The van der Waals surface area contributed by atoms with Gasteiger partial charge < -0.3 is 20.7 Å². The van der Waals surface area contributed by atoms with E-state index in [-0.39, 0.29) is 18.3 Å². The number of amides is 1. The molecule has 1 aromatic rings. The monoisotopic (exact) mass is 329 g/mol. The fraction of sp³-hybridized carbons (Fsp3) is 0.562. The minimum atomic E-state index is -0.433. The highest BCUT2D eigenvalue weighted by molar-refractivity contribution is 5.85. The van der Waals surface area contributed by atoms with Crippen molar-refractivity contribution >= 4 is 18.3 Å². The number of ether oxygens (including phenoxy) is 1. The Bertz CT molecular complexity index is 441. The molecule has 1 amide bonds. The molecule has 0 aromatic heterocycles. The Labute approximate surface area is 139 Å². The minimum absolute atomic E-state index is 0. The van der Waals surface area contributed by atoms with Gasteiger partial charge in [-0.05, 0) is 26.6 Å². The summed E-state index contributed by atoms with van der Waals surface area (Å²) in [5.74, 6) is 0.698. The van der Waals surface area contributed by atoms with Crippen LogP contribution in [0, 0.1) is 0 Å². The van der Waals surface area contributed by atoms with Crippen LogP contribution in [0.1, 0.15) is 25.3 Å². The molecule has 0 saturated carbocycles. The summed E-state index contributed by atoms with van der Waals surface area (Å²) in [6.07, 6.45) is 1.60. The van der Waals surface area contributed by atoms with Crippen molar-refractivity contribution in [3.05, 3.63) is 29.8 Å². The summed E-state index contributed by atoms with van der Waals surface area (Å²) in [5.41, 5.74) is 6.76. The SMILES string of the molecule is CCCC(N)C(=O)NCc1ccccc1OCCN(C)C.Cl. The van der Waals surface area contributed by atoms with Gasteiger partial charge in [0.25, 0.3) is 0 Å². The third-order valence-corrected chi connectivity index (χ3v) is 3.16. The van der Waals surface area contributed by atoms with E-state index in [1.165, 1.54) is 0 Å². The first-order valence-corrected chi connectivity index (χ1v) is 7.43. The van der Waals surface area contributed by atoms with Crippen LogP contribution >= 0.6 is 12.4 Å². The van der Waals surface area contributed by atoms with Gasteiger partial charge in [-0.2, -0.15) is 0 Å². The minimum Gasteiger partial charge on any atom is -0.492 e. The molecule has 22 heavy (non-hydrogen) atoms. The molecule has 1 rings (SSSR count). The Morgan fingerprint density at radius 2 is 2.05 bits per heavy atom. The summed E-state index contributed by atoms with van der Waals surface area (Å²) >= 11 is 0. The molecule has 126 valence electrons. The van der Waals surface area contributed by atoms with Crippen molar-refractivity contribution in [2.75, 3.05) is 27.2 Å². The second kappa shape index (κ2) is 11.3. The molecular formula is C16H28ClN3O2. The van der Waals surface area contributed by atoms with E-state index in [1.54, 1.807) is 0 Å². The van der Waals surface area contributed by atoms with E-state index >= 15 is 0 Å². The van der Waals surface area contributed by atoms with Crippen molar-refractivity contribution in [3.8, 4) is 5.75 Å². The number of benzene rings is 1. The van der Waals surface area contributed by atoms with E-state index in [9.17, 15) is 4.79 Å². The van der Waals surface area contributed by atoms with Crippen LogP contribution in [0.4, 0.5) is 0 Å². The maximum atomic E-state index is 11.8.